The lowest BCUT2D eigenvalue weighted by Crippen LogP contribution is -2.63. The molecular weight excluding hydrogens is 340 g/mol. The van der Waals surface area contributed by atoms with Crippen LogP contribution in [0.3, 0.4) is 0 Å². The fourth-order valence-electron chi connectivity index (χ4n) is 5.28. The molecule has 146 valence electrons. The molecule has 1 aromatic rings. The first-order chi connectivity index (χ1) is 12.9. The van der Waals surface area contributed by atoms with Crippen molar-refractivity contribution in [3.8, 4) is 5.88 Å². The van der Waals surface area contributed by atoms with Gasteiger partial charge in [-0.1, -0.05) is 6.07 Å². The Morgan fingerprint density at radius 3 is 2.44 bits per heavy atom. The molecule has 27 heavy (non-hydrogen) atoms. The molecule has 3 aliphatic carbocycles. The molecule has 1 amide bonds. The fourth-order valence-corrected chi connectivity index (χ4v) is 5.28. The average molecular weight is 370 g/mol. The predicted octanol–water partition coefficient (Wildman–Crippen LogP) is 3.27. The van der Waals surface area contributed by atoms with Crippen LogP contribution in [0.15, 0.2) is 18.3 Å². The van der Waals surface area contributed by atoms with Gasteiger partial charge in [0.05, 0.1) is 5.60 Å². The van der Waals surface area contributed by atoms with Gasteiger partial charge in [0, 0.05) is 36.7 Å². The minimum atomic E-state index is -0.622. The third-order valence-electron chi connectivity index (χ3n) is 7.17. The summed E-state index contributed by atoms with van der Waals surface area (Å²) in [6.07, 6.45) is 10.4. The Morgan fingerprint density at radius 1 is 1.19 bits per heavy atom. The Morgan fingerprint density at radius 2 is 1.89 bits per heavy atom. The monoisotopic (exact) mass is 370 g/mol. The van der Waals surface area contributed by atoms with Gasteiger partial charge >= 0.3 is 0 Å². The zero-order chi connectivity index (χ0) is 18.6. The van der Waals surface area contributed by atoms with Gasteiger partial charge < -0.3 is 14.7 Å². The van der Waals surface area contributed by atoms with Crippen LogP contribution in [0.1, 0.15) is 69.8 Å². The maximum atomic E-state index is 12.5. The van der Waals surface area contributed by atoms with E-state index in [0.29, 0.717) is 18.3 Å². The lowest BCUT2D eigenvalue weighted by atomic mass is 9.66. The highest BCUT2D eigenvalue weighted by Gasteiger charge is 2.51. The quantitative estimate of drug-likeness (QED) is 0.884. The minimum absolute atomic E-state index is 0.0432. The van der Waals surface area contributed by atoms with Gasteiger partial charge in [-0.15, -0.1) is 0 Å². The highest BCUT2D eigenvalue weighted by molar-refractivity contribution is 5.81. The van der Waals surface area contributed by atoms with Gasteiger partial charge in [0.25, 0.3) is 0 Å². The van der Waals surface area contributed by atoms with Crippen molar-refractivity contribution < 1.29 is 14.6 Å². The number of nitrogens with zero attached hydrogens (tertiary/aromatic N) is 2. The molecule has 0 bridgehead atoms. The molecule has 4 aliphatic rings. The summed E-state index contributed by atoms with van der Waals surface area (Å²) >= 11 is 0. The SMILES string of the molecule is CC1(O)CC(C(=O)N2CC3(CCC(Oc4ccc(C5CC5)cn4)CC3)C2)C1. The highest BCUT2D eigenvalue weighted by atomic mass is 16.5. The van der Waals surface area contributed by atoms with E-state index in [1.807, 2.05) is 24.1 Å². The molecule has 1 N–H and O–H groups in total. The molecule has 1 aliphatic heterocycles. The van der Waals surface area contributed by atoms with Crippen LogP contribution in [0.25, 0.3) is 0 Å². The molecule has 1 spiro atoms. The van der Waals surface area contributed by atoms with Gasteiger partial charge in [0.15, 0.2) is 0 Å². The summed E-state index contributed by atoms with van der Waals surface area (Å²) in [5.41, 5.74) is 1.03. The topological polar surface area (TPSA) is 62.7 Å². The fraction of sp³-hybridized carbons (Fsp3) is 0.727. The number of aromatic nitrogens is 1. The van der Waals surface area contributed by atoms with Crippen LogP contribution in [0, 0.1) is 11.3 Å². The second kappa shape index (κ2) is 6.20. The normalized spacial score (nSPS) is 32.7. The molecule has 0 atom stereocenters. The standard InChI is InChI=1S/C22H30N2O3/c1-21(26)10-17(11-21)20(25)24-13-22(14-24)8-6-18(7-9-22)27-19-5-4-16(12-23-19)15-2-3-15/h4-5,12,15,17-18,26H,2-3,6-11,13-14H2,1H3. The summed E-state index contributed by atoms with van der Waals surface area (Å²) in [5, 5.41) is 9.85. The Kier molecular flexibility index (Phi) is 4.01. The summed E-state index contributed by atoms with van der Waals surface area (Å²) in [7, 11) is 0. The van der Waals surface area contributed by atoms with Crippen molar-refractivity contribution >= 4 is 5.91 Å². The molecule has 0 unspecified atom stereocenters. The molecule has 0 radical (unpaired) electrons. The van der Waals surface area contributed by atoms with E-state index in [2.05, 4.69) is 11.1 Å². The second-order valence-corrected chi connectivity index (χ2v) is 9.82. The Hall–Kier alpha value is -1.62. The van der Waals surface area contributed by atoms with Gasteiger partial charge in [-0.25, -0.2) is 4.98 Å². The molecule has 1 saturated heterocycles. The molecule has 1 aromatic heterocycles. The number of aliphatic hydroxyl groups is 1. The third-order valence-corrected chi connectivity index (χ3v) is 7.17. The lowest BCUT2D eigenvalue weighted by Gasteiger charge is -2.55. The summed E-state index contributed by atoms with van der Waals surface area (Å²) in [6, 6.07) is 4.19. The first-order valence-corrected chi connectivity index (χ1v) is 10.6. The first-order valence-electron chi connectivity index (χ1n) is 10.6. The molecule has 3 saturated carbocycles. The third kappa shape index (κ3) is 3.46. The molecule has 5 rings (SSSR count). The van der Waals surface area contributed by atoms with Crippen molar-refractivity contribution in [1.82, 2.24) is 9.88 Å². The summed E-state index contributed by atoms with van der Waals surface area (Å²) in [4.78, 5) is 19.0. The molecule has 2 heterocycles. The Labute approximate surface area is 161 Å². The molecule has 4 fully saturated rings. The van der Waals surface area contributed by atoms with Crippen LogP contribution >= 0.6 is 0 Å². The Balaban J connectivity index is 1.08. The van der Waals surface area contributed by atoms with Crippen LogP contribution < -0.4 is 4.74 Å². The summed E-state index contributed by atoms with van der Waals surface area (Å²) < 4.78 is 6.11. The number of rotatable bonds is 4. The van der Waals surface area contributed by atoms with Crippen LogP contribution in [0.5, 0.6) is 5.88 Å². The summed E-state index contributed by atoms with van der Waals surface area (Å²) in [6.45, 7) is 3.61. The number of carbonyl (C=O) groups excluding carboxylic acids is 1. The van der Waals surface area contributed by atoms with E-state index in [1.54, 1.807) is 0 Å². The van der Waals surface area contributed by atoms with Crippen molar-refractivity contribution in [3.05, 3.63) is 23.9 Å². The van der Waals surface area contributed by atoms with Gasteiger partial charge in [0.2, 0.25) is 11.8 Å². The van der Waals surface area contributed by atoms with Crippen LogP contribution in [0.2, 0.25) is 0 Å². The molecular formula is C22H30N2O3. The smallest absolute Gasteiger partial charge is 0.225 e. The van der Waals surface area contributed by atoms with Gasteiger partial charge in [-0.05, 0) is 69.8 Å². The largest absolute Gasteiger partial charge is 0.474 e. The predicted molar refractivity (Wildman–Crippen MR) is 101 cm³/mol. The molecule has 0 aromatic carbocycles. The van der Waals surface area contributed by atoms with Gasteiger partial charge in [0.1, 0.15) is 6.10 Å². The van der Waals surface area contributed by atoms with E-state index in [-0.39, 0.29) is 17.9 Å². The van der Waals surface area contributed by atoms with Crippen molar-refractivity contribution in [2.24, 2.45) is 11.3 Å². The number of amides is 1. The van der Waals surface area contributed by atoms with Crippen LogP contribution in [0.4, 0.5) is 0 Å². The zero-order valence-corrected chi connectivity index (χ0v) is 16.2. The Bertz CT molecular complexity index is 702. The molecule has 5 nitrogen and oxygen atoms in total. The number of carbonyl (C=O) groups is 1. The highest BCUT2D eigenvalue weighted by Crippen LogP contribution is 2.47. The van der Waals surface area contributed by atoms with Crippen molar-refractivity contribution in [1.29, 1.82) is 0 Å². The average Bonchev–Trinajstić information content (AvgIpc) is 3.44. The maximum Gasteiger partial charge on any atom is 0.225 e. The van der Waals surface area contributed by atoms with Crippen LogP contribution in [-0.2, 0) is 4.79 Å². The van der Waals surface area contributed by atoms with E-state index in [1.165, 1.54) is 18.4 Å². The van der Waals surface area contributed by atoms with Crippen molar-refractivity contribution in [2.75, 3.05) is 13.1 Å². The number of hydrogen-bond acceptors (Lipinski definition) is 4. The maximum absolute atomic E-state index is 12.5. The van der Waals surface area contributed by atoms with Crippen molar-refractivity contribution in [3.63, 3.8) is 0 Å². The molecule has 5 heteroatoms. The minimum Gasteiger partial charge on any atom is -0.474 e. The number of pyridine rings is 1. The zero-order valence-electron chi connectivity index (χ0n) is 16.2. The van der Waals surface area contributed by atoms with Gasteiger partial charge in [-0.2, -0.15) is 0 Å². The van der Waals surface area contributed by atoms with E-state index >= 15 is 0 Å². The first kappa shape index (κ1) is 17.5. The summed E-state index contributed by atoms with van der Waals surface area (Å²) in [5.74, 6) is 1.78. The van der Waals surface area contributed by atoms with E-state index in [0.717, 1.165) is 50.6 Å². The van der Waals surface area contributed by atoms with Gasteiger partial charge in [-0.3, -0.25) is 4.79 Å². The van der Waals surface area contributed by atoms with E-state index in [4.69, 9.17) is 4.74 Å². The number of ether oxygens (including phenoxy) is 1. The van der Waals surface area contributed by atoms with E-state index in [9.17, 15) is 9.90 Å². The lowest BCUT2D eigenvalue weighted by molar-refractivity contribution is -0.164. The van der Waals surface area contributed by atoms with E-state index < -0.39 is 5.60 Å². The number of hydrogen-bond donors (Lipinski definition) is 1. The van der Waals surface area contributed by atoms with Crippen molar-refractivity contribution in [2.45, 2.75) is 75.9 Å². The second-order valence-electron chi connectivity index (χ2n) is 9.82. The van der Waals surface area contributed by atoms with Crippen LogP contribution in [-0.4, -0.2) is 45.7 Å². The number of likely N-dealkylation sites (tertiary alicyclic amines) is 1.